The van der Waals surface area contributed by atoms with Crippen molar-refractivity contribution in [2.75, 3.05) is 31.1 Å². The van der Waals surface area contributed by atoms with Crippen molar-refractivity contribution < 1.29 is 19.1 Å². The highest BCUT2D eigenvalue weighted by molar-refractivity contribution is 6.04. The zero-order valence-corrected chi connectivity index (χ0v) is 15.6. The van der Waals surface area contributed by atoms with E-state index in [4.69, 9.17) is 9.47 Å². The van der Waals surface area contributed by atoms with Gasteiger partial charge in [0.2, 0.25) is 0 Å². The van der Waals surface area contributed by atoms with Crippen LogP contribution >= 0.6 is 0 Å². The molecule has 1 atom stereocenters. The number of benzene rings is 1. The zero-order chi connectivity index (χ0) is 19.5. The summed E-state index contributed by atoms with van der Waals surface area (Å²) >= 11 is 0. The number of hydrogen-bond donors (Lipinski definition) is 2. The van der Waals surface area contributed by atoms with E-state index in [2.05, 4.69) is 15.6 Å². The molecule has 4 rings (SSSR count). The standard InChI is InChI=1S/C20H22N4O4/c1-27-12-28-13-8-9-17(21-11-13)23-20(26)22-15-6-4-5-14-18(15)16-7-2-3-10-24(16)19(14)25/h4-6,8-9,11,16H,2-3,7,10,12H2,1H3,(H2,21,22,23,26). The van der Waals surface area contributed by atoms with Gasteiger partial charge in [-0.15, -0.1) is 0 Å². The van der Waals surface area contributed by atoms with Gasteiger partial charge in [-0.1, -0.05) is 6.07 Å². The lowest BCUT2D eigenvalue weighted by Gasteiger charge is -2.30. The van der Waals surface area contributed by atoms with Crippen LogP contribution in [0, 0.1) is 0 Å². The van der Waals surface area contributed by atoms with Crippen LogP contribution in [0.1, 0.15) is 41.2 Å². The maximum atomic E-state index is 12.6. The number of rotatable bonds is 5. The number of pyridine rings is 1. The Balaban J connectivity index is 1.47. The Morgan fingerprint density at radius 1 is 1.25 bits per heavy atom. The highest BCUT2D eigenvalue weighted by atomic mass is 16.7. The highest BCUT2D eigenvalue weighted by Gasteiger charge is 2.39. The molecule has 0 saturated carbocycles. The van der Waals surface area contributed by atoms with Gasteiger partial charge >= 0.3 is 6.03 Å². The van der Waals surface area contributed by atoms with E-state index >= 15 is 0 Å². The Labute approximate surface area is 162 Å². The predicted molar refractivity (Wildman–Crippen MR) is 103 cm³/mol. The molecule has 1 saturated heterocycles. The molecule has 0 bridgehead atoms. The summed E-state index contributed by atoms with van der Waals surface area (Å²) in [6.45, 7) is 0.899. The molecule has 1 aromatic carbocycles. The highest BCUT2D eigenvalue weighted by Crippen LogP contribution is 2.43. The number of carbonyl (C=O) groups is 2. The molecule has 2 aliphatic heterocycles. The van der Waals surface area contributed by atoms with Crippen LogP contribution in [0.15, 0.2) is 36.5 Å². The first-order valence-electron chi connectivity index (χ1n) is 9.27. The number of hydrogen-bond acceptors (Lipinski definition) is 5. The summed E-state index contributed by atoms with van der Waals surface area (Å²) in [4.78, 5) is 31.2. The van der Waals surface area contributed by atoms with Crippen molar-refractivity contribution in [1.29, 1.82) is 0 Å². The molecule has 3 amide bonds. The molecule has 1 fully saturated rings. The van der Waals surface area contributed by atoms with Gasteiger partial charge in [0.15, 0.2) is 6.79 Å². The summed E-state index contributed by atoms with van der Waals surface area (Å²) in [6.07, 6.45) is 4.53. The number of nitrogens with zero attached hydrogens (tertiary/aromatic N) is 2. The van der Waals surface area contributed by atoms with Crippen LogP contribution in [0.2, 0.25) is 0 Å². The smallest absolute Gasteiger partial charge is 0.324 e. The fourth-order valence-corrected chi connectivity index (χ4v) is 3.79. The molecule has 0 radical (unpaired) electrons. The van der Waals surface area contributed by atoms with Crippen molar-refractivity contribution in [2.45, 2.75) is 25.3 Å². The van der Waals surface area contributed by atoms with Crippen LogP contribution in [0.4, 0.5) is 16.3 Å². The van der Waals surface area contributed by atoms with Crippen molar-refractivity contribution in [3.8, 4) is 5.75 Å². The fraction of sp³-hybridized carbons (Fsp3) is 0.350. The van der Waals surface area contributed by atoms with Gasteiger partial charge in [-0.05, 0) is 43.5 Å². The summed E-state index contributed by atoms with van der Waals surface area (Å²) < 4.78 is 10.1. The summed E-state index contributed by atoms with van der Waals surface area (Å²) in [6, 6.07) is 8.44. The summed E-state index contributed by atoms with van der Waals surface area (Å²) in [7, 11) is 1.54. The Morgan fingerprint density at radius 3 is 2.93 bits per heavy atom. The van der Waals surface area contributed by atoms with Gasteiger partial charge in [-0.25, -0.2) is 9.78 Å². The number of fused-ring (bicyclic) bond motifs is 3. The van der Waals surface area contributed by atoms with Crippen molar-refractivity contribution in [3.05, 3.63) is 47.7 Å². The first-order chi connectivity index (χ1) is 13.7. The van der Waals surface area contributed by atoms with E-state index < -0.39 is 6.03 Å². The monoisotopic (exact) mass is 382 g/mol. The topological polar surface area (TPSA) is 92.8 Å². The number of amides is 3. The molecule has 8 heteroatoms. The second-order valence-corrected chi connectivity index (χ2v) is 6.79. The third-order valence-corrected chi connectivity index (χ3v) is 5.00. The predicted octanol–water partition coefficient (Wildman–Crippen LogP) is 3.39. The van der Waals surface area contributed by atoms with E-state index in [1.807, 2.05) is 17.0 Å². The molecule has 0 aliphatic carbocycles. The lowest BCUT2D eigenvalue weighted by atomic mass is 9.96. The molecular weight excluding hydrogens is 360 g/mol. The van der Waals surface area contributed by atoms with Crippen LogP contribution in [0.3, 0.4) is 0 Å². The van der Waals surface area contributed by atoms with Crippen LogP contribution < -0.4 is 15.4 Å². The summed E-state index contributed by atoms with van der Waals surface area (Å²) in [5, 5.41) is 5.57. The quantitative estimate of drug-likeness (QED) is 0.774. The number of anilines is 2. The maximum absolute atomic E-state index is 12.6. The SMILES string of the molecule is COCOc1ccc(NC(=O)Nc2cccc3c2C2CCCCN2C3=O)nc1. The number of nitrogens with one attached hydrogen (secondary N) is 2. The lowest BCUT2D eigenvalue weighted by molar-refractivity contribution is 0.0509. The minimum atomic E-state index is -0.409. The molecule has 0 spiro atoms. The third kappa shape index (κ3) is 3.50. The van der Waals surface area contributed by atoms with Crippen LogP contribution in [-0.2, 0) is 4.74 Å². The molecule has 28 heavy (non-hydrogen) atoms. The Bertz CT molecular complexity index is 884. The minimum Gasteiger partial charge on any atom is -0.466 e. The van der Waals surface area contributed by atoms with E-state index in [0.717, 1.165) is 31.4 Å². The van der Waals surface area contributed by atoms with Gasteiger partial charge in [0.1, 0.15) is 11.6 Å². The van der Waals surface area contributed by atoms with Crippen LogP contribution in [-0.4, -0.2) is 42.3 Å². The fourth-order valence-electron chi connectivity index (χ4n) is 3.79. The van der Waals surface area contributed by atoms with E-state index in [0.29, 0.717) is 22.8 Å². The van der Waals surface area contributed by atoms with Gasteiger partial charge in [0.05, 0.1) is 12.2 Å². The third-order valence-electron chi connectivity index (χ3n) is 5.00. The van der Waals surface area contributed by atoms with E-state index in [1.165, 1.54) is 13.3 Å². The van der Waals surface area contributed by atoms with E-state index in [-0.39, 0.29) is 18.7 Å². The molecule has 8 nitrogen and oxygen atoms in total. The van der Waals surface area contributed by atoms with Gasteiger partial charge < -0.3 is 19.7 Å². The molecule has 2 N–H and O–H groups in total. The number of methoxy groups -OCH3 is 1. The van der Waals surface area contributed by atoms with Crippen molar-refractivity contribution >= 4 is 23.4 Å². The minimum absolute atomic E-state index is 0.0445. The summed E-state index contributed by atoms with van der Waals surface area (Å²) in [5.41, 5.74) is 2.26. The van der Waals surface area contributed by atoms with Crippen molar-refractivity contribution in [3.63, 3.8) is 0 Å². The molecular formula is C20H22N4O4. The summed E-state index contributed by atoms with van der Waals surface area (Å²) in [5.74, 6) is 0.992. The second-order valence-electron chi connectivity index (χ2n) is 6.79. The number of aromatic nitrogens is 1. The van der Waals surface area contributed by atoms with Crippen molar-refractivity contribution in [2.24, 2.45) is 0 Å². The zero-order valence-electron chi connectivity index (χ0n) is 15.6. The van der Waals surface area contributed by atoms with Crippen LogP contribution in [0.25, 0.3) is 0 Å². The van der Waals surface area contributed by atoms with Gasteiger partial charge in [0.25, 0.3) is 5.91 Å². The first-order valence-corrected chi connectivity index (χ1v) is 9.27. The van der Waals surface area contributed by atoms with Crippen molar-refractivity contribution in [1.82, 2.24) is 9.88 Å². The Kier molecular flexibility index (Phi) is 5.12. The molecule has 3 heterocycles. The number of piperidine rings is 1. The number of ether oxygens (including phenoxy) is 2. The van der Waals surface area contributed by atoms with E-state index in [1.54, 1.807) is 18.2 Å². The normalized spacial score (nSPS) is 17.7. The first kappa shape index (κ1) is 18.2. The molecule has 1 unspecified atom stereocenters. The largest absolute Gasteiger partial charge is 0.466 e. The average molecular weight is 382 g/mol. The van der Waals surface area contributed by atoms with Gasteiger partial charge in [0, 0.05) is 30.5 Å². The second kappa shape index (κ2) is 7.85. The average Bonchev–Trinajstić information content (AvgIpc) is 3.01. The number of urea groups is 1. The Morgan fingerprint density at radius 2 is 2.14 bits per heavy atom. The molecule has 146 valence electrons. The molecule has 1 aromatic heterocycles. The number of carbonyl (C=O) groups excluding carboxylic acids is 2. The van der Waals surface area contributed by atoms with Gasteiger partial charge in [-0.2, -0.15) is 0 Å². The lowest BCUT2D eigenvalue weighted by Crippen LogP contribution is -2.32. The van der Waals surface area contributed by atoms with E-state index in [9.17, 15) is 9.59 Å². The Hall–Kier alpha value is -3.13. The molecule has 2 aromatic rings. The van der Waals surface area contributed by atoms with Crippen LogP contribution in [0.5, 0.6) is 5.75 Å². The van der Waals surface area contributed by atoms with Gasteiger partial charge in [-0.3, -0.25) is 10.1 Å². The molecule has 2 aliphatic rings. The maximum Gasteiger partial charge on any atom is 0.324 e.